The molecule has 21 heavy (non-hydrogen) atoms. The molecule has 0 saturated heterocycles. The van der Waals surface area contributed by atoms with Gasteiger partial charge in [0.25, 0.3) is 5.91 Å². The average molecular weight is 306 g/mol. The molecule has 1 rings (SSSR count). The fraction of sp³-hybridized carbons (Fsp3) is 0.417. The molecule has 0 saturated carbocycles. The van der Waals surface area contributed by atoms with E-state index in [0.717, 1.165) is 17.0 Å². The van der Waals surface area contributed by atoms with Crippen molar-refractivity contribution in [3.05, 3.63) is 29.6 Å². The molecule has 0 aromatic carbocycles. The molecule has 1 aromatic rings. The van der Waals surface area contributed by atoms with E-state index in [2.05, 4.69) is 4.98 Å². The molecule has 116 valence electrons. The van der Waals surface area contributed by atoms with Crippen LogP contribution in [0.2, 0.25) is 0 Å². The minimum atomic E-state index is -4.55. The van der Waals surface area contributed by atoms with Gasteiger partial charge in [-0.25, -0.2) is 0 Å². The van der Waals surface area contributed by atoms with Crippen molar-refractivity contribution in [3.8, 4) is 0 Å². The predicted molar refractivity (Wildman–Crippen MR) is 64.7 cm³/mol. The Morgan fingerprint density at radius 2 is 2.05 bits per heavy atom. The van der Waals surface area contributed by atoms with E-state index in [0.29, 0.717) is 6.20 Å². The van der Waals surface area contributed by atoms with Crippen LogP contribution in [0.15, 0.2) is 18.3 Å². The number of aliphatic carboxylic acids is 1. The maximum absolute atomic E-state index is 12.4. The van der Waals surface area contributed by atoms with Gasteiger partial charge in [-0.15, -0.1) is 0 Å². The number of methoxy groups -OCH3 is 1. The molecule has 0 aliphatic carbocycles. The molecule has 0 aliphatic heterocycles. The van der Waals surface area contributed by atoms with Crippen LogP contribution in [0, 0.1) is 0 Å². The van der Waals surface area contributed by atoms with E-state index in [4.69, 9.17) is 9.84 Å². The average Bonchev–Trinajstić information content (AvgIpc) is 2.41. The van der Waals surface area contributed by atoms with Gasteiger partial charge in [0.2, 0.25) is 0 Å². The molecular formula is C12H13F3N2O4. The van der Waals surface area contributed by atoms with Crippen LogP contribution >= 0.6 is 0 Å². The van der Waals surface area contributed by atoms with Crippen molar-refractivity contribution in [3.63, 3.8) is 0 Å². The smallest absolute Gasteiger partial charge is 0.417 e. The van der Waals surface area contributed by atoms with E-state index in [-0.39, 0.29) is 18.8 Å². The molecule has 1 heterocycles. The van der Waals surface area contributed by atoms with Gasteiger partial charge in [0, 0.05) is 19.9 Å². The monoisotopic (exact) mass is 306 g/mol. The topological polar surface area (TPSA) is 79.7 Å². The third-order valence-corrected chi connectivity index (χ3v) is 2.49. The quantitative estimate of drug-likeness (QED) is 0.856. The van der Waals surface area contributed by atoms with Crippen LogP contribution in [0.25, 0.3) is 0 Å². The third kappa shape index (κ3) is 5.03. The molecule has 0 bridgehead atoms. The first-order chi connectivity index (χ1) is 9.75. The highest BCUT2D eigenvalue weighted by Crippen LogP contribution is 2.28. The van der Waals surface area contributed by atoms with Crippen LogP contribution in [0.1, 0.15) is 16.1 Å². The molecular weight excluding hydrogens is 293 g/mol. The second kappa shape index (κ2) is 7.02. The highest BCUT2D eigenvalue weighted by atomic mass is 19.4. The lowest BCUT2D eigenvalue weighted by Crippen LogP contribution is -2.38. The van der Waals surface area contributed by atoms with Gasteiger partial charge in [-0.2, -0.15) is 13.2 Å². The van der Waals surface area contributed by atoms with Crippen LogP contribution < -0.4 is 0 Å². The fourth-order valence-corrected chi connectivity index (χ4v) is 1.47. The van der Waals surface area contributed by atoms with Crippen LogP contribution in [-0.2, 0) is 15.7 Å². The lowest BCUT2D eigenvalue weighted by atomic mass is 10.2. The van der Waals surface area contributed by atoms with E-state index >= 15 is 0 Å². The largest absolute Gasteiger partial charge is 0.480 e. The van der Waals surface area contributed by atoms with Crippen molar-refractivity contribution in [1.82, 2.24) is 9.88 Å². The predicted octanol–water partition coefficient (Wildman–Crippen LogP) is 1.27. The number of carbonyl (C=O) groups is 2. The van der Waals surface area contributed by atoms with Gasteiger partial charge < -0.3 is 14.7 Å². The second-order valence-corrected chi connectivity index (χ2v) is 4.04. The van der Waals surface area contributed by atoms with Crippen molar-refractivity contribution < 1.29 is 32.6 Å². The Labute approximate surface area is 118 Å². The Morgan fingerprint density at radius 1 is 1.38 bits per heavy atom. The van der Waals surface area contributed by atoms with Crippen molar-refractivity contribution in [1.29, 1.82) is 0 Å². The number of carboxylic acids is 1. The van der Waals surface area contributed by atoms with Gasteiger partial charge in [0.1, 0.15) is 12.2 Å². The molecule has 1 N–H and O–H groups in total. The summed E-state index contributed by atoms with van der Waals surface area (Å²) in [5, 5.41) is 8.73. The summed E-state index contributed by atoms with van der Waals surface area (Å²) in [4.78, 5) is 27.1. The zero-order valence-corrected chi connectivity index (χ0v) is 11.1. The van der Waals surface area contributed by atoms with Crippen molar-refractivity contribution in [2.75, 3.05) is 26.8 Å². The normalized spacial score (nSPS) is 11.2. The summed E-state index contributed by atoms with van der Waals surface area (Å²) in [6, 6.07) is 1.63. The number of amides is 1. The fourth-order valence-electron chi connectivity index (χ4n) is 1.47. The van der Waals surface area contributed by atoms with Crippen molar-refractivity contribution >= 4 is 11.9 Å². The zero-order chi connectivity index (χ0) is 16.0. The molecule has 6 nitrogen and oxygen atoms in total. The minimum Gasteiger partial charge on any atom is -0.480 e. The SMILES string of the molecule is COCCN(CC(=O)O)C(=O)c1ccc(C(F)(F)F)cn1. The highest BCUT2D eigenvalue weighted by molar-refractivity contribution is 5.94. The second-order valence-electron chi connectivity index (χ2n) is 4.04. The maximum atomic E-state index is 12.4. The van der Waals surface area contributed by atoms with Crippen LogP contribution in [-0.4, -0.2) is 53.7 Å². The number of hydrogen-bond acceptors (Lipinski definition) is 4. The van der Waals surface area contributed by atoms with Gasteiger partial charge in [0.05, 0.1) is 12.2 Å². The molecule has 0 fully saturated rings. The Hall–Kier alpha value is -2.16. The van der Waals surface area contributed by atoms with Crippen molar-refractivity contribution in [2.24, 2.45) is 0 Å². The Bertz CT molecular complexity index is 502. The molecule has 0 spiro atoms. The van der Waals surface area contributed by atoms with Crippen molar-refractivity contribution in [2.45, 2.75) is 6.18 Å². The highest BCUT2D eigenvalue weighted by Gasteiger charge is 2.31. The lowest BCUT2D eigenvalue weighted by molar-refractivity contribution is -0.138. The number of ether oxygens (including phenoxy) is 1. The molecule has 1 amide bonds. The van der Waals surface area contributed by atoms with Gasteiger partial charge >= 0.3 is 12.1 Å². The summed E-state index contributed by atoms with van der Waals surface area (Å²) in [6.07, 6.45) is -4.02. The Balaban J connectivity index is 2.90. The summed E-state index contributed by atoms with van der Waals surface area (Å²) in [5.74, 6) is -2.02. The summed E-state index contributed by atoms with van der Waals surface area (Å²) in [6.45, 7) is -0.505. The number of hydrogen-bond donors (Lipinski definition) is 1. The summed E-state index contributed by atoms with van der Waals surface area (Å²) >= 11 is 0. The first-order valence-corrected chi connectivity index (χ1v) is 5.79. The summed E-state index contributed by atoms with van der Waals surface area (Å²) < 4.78 is 41.9. The Morgan fingerprint density at radius 3 is 2.48 bits per heavy atom. The van der Waals surface area contributed by atoms with Crippen LogP contribution in [0.4, 0.5) is 13.2 Å². The Kier molecular flexibility index (Phi) is 5.65. The zero-order valence-electron chi connectivity index (χ0n) is 11.1. The molecule has 1 aromatic heterocycles. The number of carbonyl (C=O) groups excluding carboxylic acids is 1. The standard InChI is InChI=1S/C12H13F3N2O4/c1-21-5-4-17(7-10(18)19)11(20)9-3-2-8(6-16-9)12(13,14)15/h2-3,6H,4-5,7H2,1H3,(H,18,19). The number of pyridine rings is 1. The van der Waals surface area contributed by atoms with Gasteiger partial charge in [0.15, 0.2) is 0 Å². The van der Waals surface area contributed by atoms with Gasteiger partial charge in [-0.05, 0) is 12.1 Å². The van der Waals surface area contributed by atoms with E-state index in [9.17, 15) is 22.8 Å². The number of carboxylic acid groups (broad SMARTS) is 1. The van der Waals surface area contributed by atoms with Crippen LogP contribution in [0.5, 0.6) is 0 Å². The third-order valence-electron chi connectivity index (χ3n) is 2.49. The van der Waals surface area contributed by atoms with E-state index in [1.807, 2.05) is 0 Å². The summed E-state index contributed by atoms with van der Waals surface area (Å²) in [7, 11) is 1.37. The van der Waals surface area contributed by atoms with Gasteiger partial charge in [-0.1, -0.05) is 0 Å². The first-order valence-electron chi connectivity index (χ1n) is 5.79. The number of halogens is 3. The maximum Gasteiger partial charge on any atom is 0.417 e. The molecule has 0 aliphatic rings. The molecule has 0 atom stereocenters. The first kappa shape index (κ1) is 16.9. The van der Waals surface area contributed by atoms with E-state index < -0.39 is 30.2 Å². The van der Waals surface area contributed by atoms with E-state index in [1.54, 1.807) is 0 Å². The molecule has 9 heteroatoms. The summed E-state index contributed by atoms with van der Waals surface area (Å²) in [5.41, 5.74) is -1.25. The minimum absolute atomic E-state index is 0.00959. The number of alkyl halides is 3. The number of rotatable bonds is 6. The number of aromatic nitrogens is 1. The molecule has 0 radical (unpaired) electrons. The number of nitrogens with zero attached hydrogens (tertiary/aromatic N) is 2. The van der Waals surface area contributed by atoms with E-state index in [1.165, 1.54) is 7.11 Å². The molecule has 0 unspecified atom stereocenters. The van der Waals surface area contributed by atoms with Crippen LogP contribution in [0.3, 0.4) is 0 Å². The van der Waals surface area contributed by atoms with Gasteiger partial charge in [-0.3, -0.25) is 14.6 Å². The lowest BCUT2D eigenvalue weighted by Gasteiger charge is -2.19.